The molecule has 2 N–H and O–H groups in total. The number of thioether (sulfide) groups is 1. The molecule has 0 saturated heterocycles. The summed E-state index contributed by atoms with van der Waals surface area (Å²) < 4.78 is 6.04. The lowest BCUT2D eigenvalue weighted by Crippen LogP contribution is -2.27. The fraction of sp³-hybridized carbons (Fsp3) is 0.278. The van der Waals surface area contributed by atoms with E-state index >= 15 is 0 Å². The van der Waals surface area contributed by atoms with Crippen molar-refractivity contribution in [1.29, 1.82) is 0 Å². The average molecular weight is 389 g/mol. The van der Waals surface area contributed by atoms with Crippen molar-refractivity contribution >= 4 is 39.8 Å². The molecule has 6 nitrogen and oxygen atoms in total. The van der Waals surface area contributed by atoms with Crippen molar-refractivity contribution in [2.75, 3.05) is 11.1 Å². The molecule has 26 heavy (non-hydrogen) atoms. The van der Waals surface area contributed by atoms with Crippen LogP contribution >= 0.6 is 23.1 Å². The van der Waals surface area contributed by atoms with Crippen LogP contribution in [0.25, 0.3) is 0 Å². The zero-order chi connectivity index (χ0) is 18.5. The number of hydrogen-bond donors (Lipinski definition) is 2. The number of aromatic nitrogens is 2. The third-order valence-corrected chi connectivity index (χ3v) is 5.90. The second-order valence-corrected chi connectivity index (χ2v) is 8.04. The van der Waals surface area contributed by atoms with Crippen molar-refractivity contribution in [3.8, 4) is 0 Å². The van der Waals surface area contributed by atoms with E-state index in [9.17, 15) is 4.79 Å². The highest BCUT2D eigenvalue weighted by atomic mass is 32.2. The minimum absolute atomic E-state index is 0.0712. The summed E-state index contributed by atoms with van der Waals surface area (Å²) in [7, 11) is 0. The van der Waals surface area contributed by atoms with Crippen molar-refractivity contribution < 1.29 is 9.21 Å². The molecule has 2 aromatic heterocycles. The van der Waals surface area contributed by atoms with Gasteiger partial charge in [-0.3, -0.25) is 4.79 Å². The van der Waals surface area contributed by atoms with Gasteiger partial charge in [0.05, 0.1) is 18.1 Å². The molecule has 0 radical (unpaired) electrons. The van der Waals surface area contributed by atoms with Crippen molar-refractivity contribution in [3.05, 3.63) is 53.5 Å². The van der Waals surface area contributed by atoms with Crippen molar-refractivity contribution in [2.24, 2.45) is 0 Å². The molecule has 0 unspecified atom stereocenters. The van der Waals surface area contributed by atoms with Crippen LogP contribution in [0.1, 0.15) is 29.9 Å². The van der Waals surface area contributed by atoms with Crippen molar-refractivity contribution in [3.63, 3.8) is 0 Å². The first-order valence-corrected chi connectivity index (χ1v) is 9.95. The molecule has 8 heteroatoms. The minimum atomic E-state index is -0.158. The third-order valence-electron chi connectivity index (χ3n) is 3.93. The van der Waals surface area contributed by atoms with Gasteiger partial charge in [-0.25, -0.2) is 0 Å². The van der Waals surface area contributed by atoms with Crippen molar-refractivity contribution in [2.45, 2.75) is 31.2 Å². The van der Waals surface area contributed by atoms with E-state index in [0.717, 1.165) is 15.8 Å². The molecule has 0 saturated carbocycles. The van der Waals surface area contributed by atoms with Gasteiger partial charge in [0.25, 0.3) is 0 Å². The molecule has 0 fully saturated rings. The molecule has 3 aromatic rings. The van der Waals surface area contributed by atoms with Gasteiger partial charge in [0.15, 0.2) is 4.34 Å². The highest BCUT2D eigenvalue weighted by Gasteiger charge is 2.13. The number of nitrogens with one attached hydrogen (secondary N) is 2. The molecule has 1 atom stereocenters. The van der Waals surface area contributed by atoms with Crippen LogP contribution in [-0.2, 0) is 4.79 Å². The largest absolute Gasteiger partial charge is 0.467 e. The van der Waals surface area contributed by atoms with Gasteiger partial charge in [-0.1, -0.05) is 35.2 Å². The van der Waals surface area contributed by atoms with Gasteiger partial charge in [-0.2, -0.15) is 0 Å². The monoisotopic (exact) mass is 388 g/mol. The number of anilines is 2. The van der Waals surface area contributed by atoms with Crippen LogP contribution in [0.3, 0.4) is 0 Å². The van der Waals surface area contributed by atoms with Crippen LogP contribution in [0, 0.1) is 13.8 Å². The molecule has 136 valence electrons. The number of rotatable bonds is 7. The fourth-order valence-electron chi connectivity index (χ4n) is 2.34. The zero-order valence-electron chi connectivity index (χ0n) is 14.8. The van der Waals surface area contributed by atoms with Gasteiger partial charge in [-0.05, 0) is 50.1 Å². The molecule has 2 heterocycles. The summed E-state index contributed by atoms with van der Waals surface area (Å²) in [6.45, 7) is 6.03. The maximum absolute atomic E-state index is 12.1. The van der Waals surface area contributed by atoms with Crippen molar-refractivity contribution in [1.82, 2.24) is 15.5 Å². The normalized spacial score (nSPS) is 12.0. The van der Waals surface area contributed by atoms with Gasteiger partial charge in [0.2, 0.25) is 11.0 Å². The fourth-order valence-corrected chi connectivity index (χ4v) is 3.91. The summed E-state index contributed by atoms with van der Waals surface area (Å²) in [5.41, 5.74) is 3.42. The molecule has 3 rings (SSSR count). The Balaban J connectivity index is 1.52. The van der Waals surface area contributed by atoms with Gasteiger partial charge in [-0.15, -0.1) is 10.2 Å². The standard InChI is InChI=1S/C18H20N4O2S2/c1-11-6-4-7-14(12(11)2)20-17-21-22-18(26-17)25-10-16(23)19-13(3)15-8-5-9-24-15/h4-9,13H,10H2,1-3H3,(H,19,23)(H,20,21)/t13-/m0/s1. The third kappa shape index (κ3) is 4.64. The summed E-state index contributed by atoms with van der Waals surface area (Å²) in [6, 6.07) is 9.58. The quantitative estimate of drug-likeness (QED) is 0.582. The molecule has 0 bridgehead atoms. The van der Waals surface area contributed by atoms with Crippen LogP contribution in [-0.4, -0.2) is 21.9 Å². The van der Waals surface area contributed by atoms with Crippen LogP contribution < -0.4 is 10.6 Å². The summed E-state index contributed by atoms with van der Waals surface area (Å²) >= 11 is 2.80. The van der Waals surface area contributed by atoms with E-state index < -0.39 is 0 Å². The smallest absolute Gasteiger partial charge is 0.231 e. The minimum Gasteiger partial charge on any atom is -0.467 e. The molecular formula is C18H20N4O2S2. The van der Waals surface area contributed by atoms with E-state index in [2.05, 4.69) is 40.7 Å². The summed E-state index contributed by atoms with van der Waals surface area (Å²) in [5.74, 6) is 0.945. The molecule has 0 aliphatic carbocycles. The molecule has 0 aliphatic rings. The number of carbonyl (C=O) groups is 1. The maximum Gasteiger partial charge on any atom is 0.231 e. The first kappa shape index (κ1) is 18.5. The van der Waals surface area contributed by atoms with E-state index in [-0.39, 0.29) is 17.7 Å². The van der Waals surface area contributed by atoms with Crippen LogP contribution in [0.15, 0.2) is 45.4 Å². The SMILES string of the molecule is Cc1cccc(Nc2nnc(SCC(=O)N[C@@H](C)c3ccco3)s2)c1C. The highest BCUT2D eigenvalue weighted by Crippen LogP contribution is 2.29. The number of nitrogens with zero attached hydrogens (tertiary/aromatic N) is 2. The zero-order valence-corrected chi connectivity index (χ0v) is 16.4. The Morgan fingerprint density at radius 3 is 2.88 bits per heavy atom. The van der Waals surface area contributed by atoms with Crippen LogP contribution in [0.2, 0.25) is 0 Å². The number of amides is 1. The number of carbonyl (C=O) groups excluding carboxylic acids is 1. The first-order chi connectivity index (χ1) is 12.5. The van der Waals surface area contributed by atoms with Gasteiger partial charge >= 0.3 is 0 Å². The summed E-state index contributed by atoms with van der Waals surface area (Å²) in [5, 5.41) is 15.2. The van der Waals surface area contributed by atoms with E-state index in [1.54, 1.807) is 12.3 Å². The number of furan rings is 1. The maximum atomic E-state index is 12.1. The predicted molar refractivity (Wildman–Crippen MR) is 105 cm³/mol. The number of aryl methyl sites for hydroxylation is 1. The summed E-state index contributed by atoms with van der Waals surface area (Å²) in [6.07, 6.45) is 1.60. The average Bonchev–Trinajstić information content (AvgIpc) is 3.29. The number of hydrogen-bond acceptors (Lipinski definition) is 7. The van der Waals surface area contributed by atoms with Gasteiger partial charge in [0, 0.05) is 5.69 Å². The van der Waals surface area contributed by atoms with Crippen LogP contribution in [0.5, 0.6) is 0 Å². The lowest BCUT2D eigenvalue weighted by atomic mass is 10.1. The van der Waals surface area contributed by atoms with E-state index in [0.29, 0.717) is 5.13 Å². The van der Waals surface area contributed by atoms with Crippen LogP contribution in [0.4, 0.5) is 10.8 Å². The lowest BCUT2D eigenvalue weighted by Gasteiger charge is -2.10. The highest BCUT2D eigenvalue weighted by molar-refractivity contribution is 8.01. The molecule has 1 aromatic carbocycles. The topological polar surface area (TPSA) is 80.0 Å². The second kappa shape index (κ2) is 8.37. The first-order valence-electron chi connectivity index (χ1n) is 8.15. The van der Waals surface area contributed by atoms with E-state index in [4.69, 9.17) is 4.42 Å². The Bertz CT molecular complexity index is 877. The molecule has 1 amide bonds. The predicted octanol–water partition coefficient (Wildman–Crippen LogP) is 4.46. The summed E-state index contributed by atoms with van der Waals surface area (Å²) in [4.78, 5) is 12.1. The Hall–Kier alpha value is -2.32. The second-order valence-electron chi connectivity index (χ2n) is 5.84. The van der Waals surface area contributed by atoms with E-state index in [1.807, 2.05) is 25.1 Å². The lowest BCUT2D eigenvalue weighted by molar-refractivity contribution is -0.119. The Morgan fingerprint density at radius 1 is 1.27 bits per heavy atom. The Kier molecular flexibility index (Phi) is 5.95. The number of benzene rings is 1. The Morgan fingerprint density at radius 2 is 2.12 bits per heavy atom. The Labute approximate surface area is 160 Å². The molecule has 0 aliphatic heterocycles. The molecule has 0 spiro atoms. The van der Waals surface area contributed by atoms with E-state index in [1.165, 1.54) is 34.2 Å². The molecular weight excluding hydrogens is 368 g/mol. The van der Waals surface area contributed by atoms with Gasteiger partial charge < -0.3 is 15.1 Å². The van der Waals surface area contributed by atoms with Gasteiger partial charge in [0.1, 0.15) is 5.76 Å².